The van der Waals surface area contributed by atoms with Crippen molar-refractivity contribution in [2.75, 3.05) is 5.32 Å². The van der Waals surface area contributed by atoms with Crippen molar-refractivity contribution < 1.29 is 4.79 Å². The van der Waals surface area contributed by atoms with Gasteiger partial charge in [0.2, 0.25) is 0 Å². The Hall–Kier alpha value is -2.60. The van der Waals surface area contributed by atoms with Gasteiger partial charge in [-0.2, -0.15) is 0 Å². The minimum atomic E-state index is -0.198. The lowest BCUT2D eigenvalue weighted by molar-refractivity contribution is 0.102. The highest BCUT2D eigenvalue weighted by Crippen LogP contribution is 2.35. The molecule has 0 aliphatic carbocycles. The fourth-order valence-corrected chi connectivity index (χ4v) is 3.08. The van der Waals surface area contributed by atoms with Crippen LogP contribution in [0.5, 0.6) is 0 Å². The van der Waals surface area contributed by atoms with Crippen LogP contribution in [0.4, 0.5) is 5.69 Å². The Morgan fingerprint density at radius 3 is 3.09 bits per heavy atom. The lowest BCUT2D eigenvalue weighted by Crippen LogP contribution is -2.18. The van der Waals surface area contributed by atoms with E-state index in [1.165, 1.54) is 6.20 Å². The summed E-state index contributed by atoms with van der Waals surface area (Å²) in [6, 6.07) is 3.67. The topological polar surface area (TPSA) is 75.6 Å². The number of imidazole rings is 1. The van der Waals surface area contributed by atoms with Gasteiger partial charge in [-0.25, -0.2) is 9.97 Å². The van der Waals surface area contributed by atoms with Gasteiger partial charge in [-0.3, -0.25) is 4.79 Å². The highest BCUT2D eigenvalue weighted by molar-refractivity contribution is 6.29. The van der Waals surface area contributed by atoms with Crippen LogP contribution in [-0.4, -0.2) is 25.4 Å². The van der Waals surface area contributed by atoms with Crippen molar-refractivity contribution in [2.24, 2.45) is 0 Å². The normalized spacial score (nSPS) is 15.8. The van der Waals surface area contributed by atoms with E-state index in [0.717, 1.165) is 23.5 Å². The summed E-state index contributed by atoms with van der Waals surface area (Å²) in [6.07, 6.45) is 7.82. The largest absolute Gasteiger partial charge is 0.364 e. The number of hydrogen-bond acceptors (Lipinski definition) is 3. The Balaban J connectivity index is 1.70. The number of pyridine rings is 1. The van der Waals surface area contributed by atoms with Gasteiger partial charge in [0, 0.05) is 36.7 Å². The lowest BCUT2D eigenvalue weighted by atomic mass is 10.0. The molecule has 0 spiro atoms. The molecule has 0 fully saturated rings. The molecule has 0 saturated heterocycles. The van der Waals surface area contributed by atoms with Gasteiger partial charge in [-0.1, -0.05) is 11.6 Å². The van der Waals surface area contributed by atoms with Crippen molar-refractivity contribution in [1.29, 1.82) is 0 Å². The predicted octanol–water partition coefficient (Wildman–Crippen LogP) is 3.30. The fraction of sp³-hybridized carbons (Fsp3) is 0.188. The Bertz CT molecular complexity index is 880. The second-order valence-electron chi connectivity index (χ2n) is 5.59. The zero-order chi connectivity index (χ0) is 16.0. The number of rotatable bonds is 2. The van der Waals surface area contributed by atoms with Crippen LogP contribution in [0.1, 0.15) is 29.0 Å². The number of aromatic nitrogens is 4. The number of fused-ring (bicyclic) bond motifs is 3. The third-order valence-electron chi connectivity index (χ3n) is 4.06. The molecule has 0 aromatic carbocycles. The number of amides is 1. The molecule has 4 heterocycles. The smallest absolute Gasteiger partial charge is 0.258 e. The monoisotopic (exact) mass is 327 g/mol. The second-order valence-corrected chi connectivity index (χ2v) is 5.98. The molecule has 0 radical (unpaired) electrons. The molecule has 2 N–H and O–H groups in total. The van der Waals surface area contributed by atoms with Crippen molar-refractivity contribution in [1.82, 2.24) is 19.5 Å². The van der Waals surface area contributed by atoms with Crippen LogP contribution in [0, 0.1) is 0 Å². The lowest BCUT2D eigenvalue weighted by Gasteiger charge is -2.22. The molecule has 23 heavy (non-hydrogen) atoms. The van der Waals surface area contributed by atoms with E-state index in [1.54, 1.807) is 24.5 Å². The number of nitrogens with one attached hydrogen (secondary N) is 2. The summed E-state index contributed by atoms with van der Waals surface area (Å²) in [4.78, 5) is 24.2. The molecule has 0 unspecified atom stereocenters. The van der Waals surface area contributed by atoms with Crippen molar-refractivity contribution in [2.45, 2.75) is 19.4 Å². The van der Waals surface area contributed by atoms with E-state index in [1.807, 2.05) is 6.20 Å². The Kier molecular flexibility index (Phi) is 3.20. The van der Waals surface area contributed by atoms with Gasteiger partial charge in [0.25, 0.3) is 5.91 Å². The average molecular weight is 328 g/mol. The number of nitrogens with zero attached hydrogens (tertiary/aromatic N) is 3. The standard InChI is InChI=1S/C16H14ClN5O/c1-9-6-12-14(15-18-4-5-22(9)15)11(8-19-12)16(23)21-10-2-3-13(17)20-7-10/h2-5,7-9,19H,6H2,1H3,(H,21,23)/t9-/m1/s1. The third-order valence-corrected chi connectivity index (χ3v) is 4.28. The molecule has 6 nitrogen and oxygen atoms in total. The summed E-state index contributed by atoms with van der Waals surface area (Å²) in [7, 11) is 0. The quantitative estimate of drug-likeness (QED) is 0.709. The summed E-state index contributed by atoms with van der Waals surface area (Å²) in [5.74, 6) is 0.620. The van der Waals surface area contributed by atoms with Crippen LogP contribution in [0.2, 0.25) is 5.15 Å². The summed E-state index contributed by atoms with van der Waals surface area (Å²) in [6.45, 7) is 2.13. The average Bonchev–Trinajstić information content (AvgIpc) is 3.15. The van der Waals surface area contributed by atoms with E-state index in [4.69, 9.17) is 11.6 Å². The zero-order valence-corrected chi connectivity index (χ0v) is 13.1. The van der Waals surface area contributed by atoms with Gasteiger partial charge in [0.15, 0.2) is 0 Å². The van der Waals surface area contributed by atoms with Crippen molar-refractivity contribution >= 4 is 23.2 Å². The first-order valence-electron chi connectivity index (χ1n) is 7.30. The first kappa shape index (κ1) is 14.0. The summed E-state index contributed by atoms with van der Waals surface area (Å²) in [5, 5.41) is 3.23. The maximum absolute atomic E-state index is 12.6. The Labute approximate surface area is 137 Å². The summed E-state index contributed by atoms with van der Waals surface area (Å²) in [5.41, 5.74) is 3.08. The molecule has 1 aliphatic heterocycles. The molecule has 4 rings (SSSR count). The molecule has 0 saturated carbocycles. The SMILES string of the molecule is C[C@@H]1Cc2[nH]cc(C(=O)Nc3ccc(Cl)nc3)c2-c2nccn21. The number of H-pyrrole nitrogens is 1. The van der Waals surface area contributed by atoms with E-state index in [-0.39, 0.29) is 5.91 Å². The molecule has 3 aromatic rings. The molecule has 116 valence electrons. The number of aromatic amines is 1. The van der Waals surface area contributed by atoms with E-state index < -0.39 is 0 Å². The van der Waals surface area contributed by atoms with Gasteiger partial charge in [0.05, 0.1) is 23.0 Å². The summed E-state index contributed by atoms with van der Waals surface area (Å²) < 4.78 is 2.09. The number of carbonyl (C=O) groups excluding carboxylic acids is 1. The minimum Gasteiger partial charge on any atom is -0.364 e. The van der Waals surface area contributed by atoms with Crippen molar-refractivity contribution in [3.63, 3.8) is 0 Å². The Morgan fingerprint density at radius 2 is 2.30 bits per heavy atom. The number of carbonyl (C=O) groups is 1. The van der Waals surface area contributed by atoms with E-state index in [0.29, 0.717) is 22.4 Å². The molecule has 1 amide bonds. The molecule has 1 atom stereocenters. The highest BCUT2D eigenvalue weighted by atomic mass is 35.5. The second kappa shape index (κ2) is 5.24. The van der Waals surface area contributed by atoms with Gasteiger partial charge in [0.1, 0.15) is 11.0 Å². The van der Waals surface area contributed by atoms with Gasteiger partial charge >= 0.3 is 0 Å². The molecule has 7 heteroatoms. The van der Waals surface area contributed by atoms with E-state index >= 15 is 0 Å². The van der Waals surface area contributed by atoms with Crippen molar-refractivity contribution in [3.05, 3.63) is 53.3 Å². The number of anilines is 1. The van der Waals surface area contributed by atoms with Crippen LogP contribution < -0.4 is 5.32 Å². The van der Waals surface area contributed by atoms with E-state index in [9.17, 15) is 4.79 Å². The molecule has 0 bridgehead atoms. The van der Waals surface area contributed by atoms with Crippen LogP contribution in [0.25, 0.3) is 11.4 Å². The molecule has 1 aliphatic rings. The first-order valence-corrected chi connectivity index (χ1v) is 7.67. The molecule has 3 aromatic heterocycles. The zero-order valence-electron chi connectivity index (χ0n) is 12.4. The number of halogens is 1. The predicted molar refractivity (Wildman–Crippen MR) is 87.6 cm³/mol. The Morgan fingerprint density at radius 1 is 1.43 bits per heavy atom. The highest BCUT2D eigenvalue weighted by Gasteiger charge is 2.28. The number of hydrogen-bond donors (Lipinski definition) is 2. The van der Waals surface area contributed by atoms with Gasteiger partial charge in [-0.05, 0) is 19.1 Å². The van der Waals surface area contributed by atoms with Crippen LogP contribution >= 0.6 is 11.6 Å². The van der Waals surface area contributed by atoms with Crippen LogP contribution in [-0.2, 0) is 6.42 Å². The van der Waals surface area contributed by atoms with Gasteiger partial charge in [-0.15, -0.1) is 0 Å². The first-order chi connectivity index (χ1) is 11.1. The minimum absolute atomic E-state index is 0.198. The summed E-state index contributed by atoms with van der Waals surface area (Å²) >= 11 is 5.76. The van der Waals surface area contributed by atoms with Crippen LogP contribution in [0.15, 0.2) is 36.9 Å². The molecular weight excluding hydrogens is 314 g/mol. The maximum Gasteiger partial charge on any atom is 0.258 e. The van der Waals surface area contributed by atoms with Gasteiger partial charge < -0.3 is 14.9 Å². The fourth-order valence-electron chi connectivity index (χ4n) is 2.97. The van der Waals surface area contributed by atoms with E-state index in [2.05, 4.69) is 31.8 Å². The van der Waals surface area contributed by atoms with Crippen molar-refractivity contribution in [3.8, 4) is 11.4 Å². The molecular formula is C16H14ClN5O. The third kappa shape index (κ3) is 2.31. The van der Waals surface area contributed by atoms with Crippen LogP contribution in [0.3, 0.4) is 0 Å². The maximum atomic E-state index is 12.6.